The number of nitrogens with zero attached hydrogens (tertiary/aromatic N) is 2. The highest BCUT2D eigenvalue weighted by atomic mass is 16.4. The largest absolute Gasteiger partial charge is 0.489 e. The average molecular weight is 200 g/mol. The molecular formula is C10H9BN2O2. The Morgan fingerprint density at radius 2 is 1.80 bits per heavy atom. The first-order valence-electron chi connectivity index (χ1n) is 4.52. The molecule has 0 atom stereocenters. The molecule has 0 aliphatic heterocycles. The van der Waals surface area contributed by atoms with E-state index < -0.39 is 7.12 Å². The number of aromatic nitrogens is 2. The minimum atomic E-state index is -1.50. The molecule has 1 heterocycles. The van der Waals surface area contributed by atoms with Crippen LogP contribution >= 0.6 is 0 Å². The number of hydrogen-bond donors (Lipinski definition) is 2. The van der Waals surface area contributed by atoms with Crippen LogP contribution in [0.15, 0.2) is 42.6 Å². The highest BCUT2D eigenvalue weighted by Crippen LogP contribution is 2.12. The maximum Gasteiger partial charge on any atom is 0.489 e. The molecular weight excluding hydrogens is 191 g/mol. The van der Waals surface area contributed by atoms with Gasteiger partial charge in [0.15, 0.2) is 0 Å². The molecule has 15 heavy (non-hydrogen) atoms. The van der Waals surface area contributed by atoms with Crippen molar-refractivity contribution in [1.82, 2.24) is 10.2 Å². The maximum absolute atomic E-state index is 9.17. The van der Waals surface area contributed by atoms with Gasteiger partial charge >= 0.3 is 7.12 Å². The van der Waals surface area contributed by atoms with Gasteiger partial charge in [-0.15, -0.1) is 0 Å². The molecule has 0 aliphatic rings. The highest BCUT2D eigenvalue weighted by Gasteiger charge is 2.16. The predicted octanol–water partition coefficient (Wildman–Crippen LogP) is -0.177. The van der Waals surface area contributed by atoms with Crippen molar-refractivity contribution in [2.45, 2.75) is 0 Å². The molecule has 0 amide bonds. The molecule has 0 bridgehead atoms. The van der Waals surface area contributed by atoms with Crippen molar-refractivity contribution < 1.29 is 10.0 Å². The minimum Gasteiger partial charge on any atom is -0.423 e. The van der Waals surface area contributed by atoms with Crippen LogP contribution in [-0.4, -0.2) is 27.4 Å². The van der Waals surface area contributed by atoms with E-state index in [-0.39, 0.29) is 0 Å². The van der Waals surface area contributed by atoms with Gasteiger partial charge in [0.1, 0.15) is 0 Å². The van der Waals surface area contributed by atoms with Gasteiger partial charge in [0.05, 0.1) is 5.69 Å². The van der Waals surface area contributed by atoms with E-state index in [4.69, 9.17) is 0 Å². The van der Waals surface area contributed by atoms with Gasteiger partial charge in [-0.2, -0.15) is 10.2 Å². The molecule has 0 fully saturated rings. The third kappa shape index (κ3) is 2.03. The zero-order chi connectivity index (χ0) is 10.7. The third-order valence-electron chi connectivity index (χ3n) is 2.09. The van der Waals surface area contributed by atoms with Gasteiger partial charge in [0, 0.05) is 11.8 Å². The van der Waals surface area contributed by atoms with E-state index in [9.17, 15) is 10.0 Å². The number of benzene rings is 1. The molecule has 0 unspecified atom stereocenters. The van der Waals surface area contributed by atoms with Crippen LogP contribution in [0.3, 0.4) is 0 Å². The molecule has 2 N–H and O–H groups in total. The second-order valence-electron chi connectivity index (χ2n) is 3.07. The zero-order valence-electron chi connectivity index (χ0n) is 7.91. The lowest BCUT2D eigenvalue weighted by Gasteiger charge is -2.06. The van der Waals surface area contributed by atoms with E-state index in [0.717, 1.165) is 0 Å². The smallest absolute Gasteiger partial charge is 0.423 e. The van der Waals surface area contributed by atoms with Crippen LogP contribution in [0.25, 0.3) is 11.3 Å². The first-order chi connectivity index (χ1) is 7.29. The topological polar surface area (TPSA) is 66.2 Å². The van der Waals surface area contributed by atoms with Crippen molar-refractivity contribution in [2.75, 3.05) is 0 Å². The van der Waals surface area contributed by atoms with Gasteiger partial charge < -0.3 is 10.0 Å². The van der Waals surface area contributed by atoms with Crippen molar-refractivity contribution in [3.05, 3.63) is 42.6 Å². The molecule has 0 saturated carbocycles. The fraction of sp³-hybridized carbons (Fsp3) is 0. The highest BCUT2D eigenvalue weighted by molar-refractivity contribution is 6.60. The molecule has 0 aliphatic carbocycles. The summed E-state index contributed by atoms with van der Waals surface area (Å²) in [4.78, 5) is 0. The Morgan fingerprint density at radius 1 is 1.00 bits per heavy atom. The van der Waals surface area contributed by atoms with Crippen LogP contribution in [0.2, 0.25) is 0 Å². The average Bonchev–Trinajstić information content (AvgIpc) is 2.30. The second-order valence-corrected chi connectivity index (χ2v) is 3.07. The fourth-order valence-corrected chi connectivity index (χ4v) is 1.40. The predicted molar refractivity (Wildman–Crippen MR) is 57.3 cm³/mol. The van der Waals surface area contributed by atoms with Crippen molar-refractivity contribution in [2.24, 2.45) is 0 Å². The zero-order valence-corrected chi connectivity index (χ0v) is 7.91. The van der Waals surface area contributed by atoms with Crippen LogP contribution in [0.4, 0.5) is 0 Å². The van der Waals surface area contributed by atoms with Gasteiger partial charge in [-0.3, -0.25) is 0 Å². The molecule has 2 aromatic rings. The first kappa shape index (κ1) is 9.83. The van der Waals surface area contributed by atoms with Crippen molar-refractivity contribution in [3.63, 3.8) is 0 Å². The Hall–Kier alpha value is -1.72. The molecule has 1 aromatic carbocycles. The first-order valence-corrected chi connectivity index (χ1v) is 4.52. The molecule has 2 rings (SSSR count). The Labute approximate surface area is 87.4 Å². The molecule has 0 radical (unpaired) electrons. The van der Waals surface area contributed by atoms with Crippen LogP contribution < -0.4 is 5.46 Å². The lowest BCUT2D eigenvalue weighted by molar-refractivity contribution is 0.426. The van der Waals surface area contributed by atoms with Crippen LogP contribution in [0.5, 0.6) is 0 Å². The number of rotatable bonds is 2. The van der Waals surface area contributed by atoms with E-state index in [1.807, 2.05) is 6.07 Å². The Kier molecular flexibility index (Phi) is 2.76. The van der Waals surface area contributed by atoms with Gasteiger partial charge in [-0.25, -0.2) is 0 Å². The van der Waals surface area contributed by atoms with E-state index in [2.05, 4.69) is 10.2 Å². The van der Waals surface area contributed by atoms with E-state index in [1.54, 1.807) is 36.5 Å². The fourth-order valence-electron chi connectivity index (χ4n) is 1.40. The minimum absolute atomic E-state index is 0.429. The molecule has 1 aromatic heterocycles. The van der Waals surface area contributed by atoms with Crippen LogP contribution in [0.1, 0.15) is 0 Å². The third-order valence-corrected chi connectivity index (χ3v) is 2.09. The quantitative estimate of drug-likeness (QED) is 0.660. The summed E-state index contributed by atoms with van der Waals surface area (Å²) < 4.78 is 0. The molecule has 4 nitrogen and oxygen atoms in total. The van der Waals surface area contributed by atoms with E-state index in [0.29, 0.717) is 16.7 Å². The maximum atomic E-state index is 9.17. The summed E-state index contributed by atoms with van der Waals surface area (Å²) in [6.07, 6.45) is 1.57. The molecule has 74 valence electrons. The van der Waals surface area contributed by atoms with Gasteiger partial charge in [0.2, 0.25) is 0 Å². The number of hydrogen-bond acceptors (Lipinski definition) is 4. The summed E-state index contributed by atoms with van der Waals surface area (Å²) in [5.74, 6) is 0. The SMILES string of the molecule is OB(O)c1ccccc1-c1cccnn1. The van der Waals surface area contributed by atoms with Gasteiger partial charge in [0.25, 0.3) is 0 Å². The standard InChI is InChI=1S/C10H9BN2O2/c14-11(15)9-5-2-1-4-8(9)10-6-3-7-12-13-10/h1-7,14-15H. The lowest BCUT2D eigenvalue weighted by Crippen LogP contribution is -2.31. The Bertz CT molecular complexity index is 448. The molecule has 5 heteroatoms. The van der Waals surface area contributed by atoms with E-state index in [1.165, 1.54) is 0 Å². The summed E-state index contributed by atoms with van der Waals surface area (Å²) in [6.45, 7) is 0. The van der Waals surface area contributed by atoms with Crippen LogP contribution in [0, 0.1) is 0 Å². The Morgan fingerprint density at radius 3 is 2.47 bits per heavy atom. The summed E-state index contributed by atoms with van der Waals surface area (Å²) in [5.41, 5.74) is 1.74. The summed E-state index contributed by atoms with van der Waals surface area (Å²) in [5, 5.41) is 26.0. The van der Waals surface area contributed by atoms with Crippen molar-refractivity contribution >= 4 is 12.6 Å². The second kappa shape index (κ2) is 4.21. The Balaban J connectivity index is 2.53. The van der Waals surface area contributed by atoms with Crippen molar-refractivity contribution in [3.8, 4) is 11.3 Å². The lowest BCUT2D eigenvalue weighted by atomic mass is 9.76. The summed E-state index contributed by atoms with van der Waals surface area (Å²) in [6, 6.07) is 10.5. The summed E-state index contributed by atoms with van der Waals surface area (Å²) in [7, 11) is -1.50. The van der Waals surface area contributed by atoms with Crippen LogP contribution in [-0.2, 0) is 0 Å². The van der Waals surface area contributed by atoms with Gasteiger partial charge in [-0.1, -0.05) is 24.3 Å². The van der Waals surface area contributed by atoms with Crippen molar-refractivity contribution in [1.29, 1.82) is 0 Å². The summed E-state index contributed by atoms with van der Waals surface area (Å²) >= 11 is 0. The molecule has 0 spiro atoms. The monoisotopic (exact) mass is 200 g/mol. The van der Waals surface area contributed by atoms with Gasteiger partial charge in [-0.05, 0) is 17.6 Å². The molecule has 0 saturated heterocycles. The van der Waals surface area contributed by atoms with E-state index >= 15 is 0 Å². The normalized spacial score (nSPS) is 10.0.